The van der Waals surface area contributed by atoms with Crippen LogP contribution in [-0.4, -0.2) is 26.9 Å². The summed E-state index contributed by atoms with van der Waals surface area (Å²) in [6.07, 6.45) is 4.30. The van der Waals surface area contributed by atoms with E-state index in [1.807, 2.05) is 92.7 Å². The van der Waals surface area contributed by atoms with E-state index in [1.54, 1.807) is 21.6 Å². The van der Waals surface area contributed by atoms with Crippen LogP contribution in [0.15, 0.2) is 89.7 Å². The van der Waals surface area contributed by atoms with Crippen molar-refractivity contribution >= 4 is 22.9 Å². The van der Waals surface area contributed by atoms with E-state index in [2.05, 4.69) is 6.92 Å². The molecule has 0 bridgehead atoms. The lowest BCUT2D eigenvalue weighted by Crippen LogP contribution is -2.36. The number of aromatic nitrogens is 2. The normalized spacial score (nSPS) is 12.2. The molecule has 172 valence electrons. The van der Waals surface area contributed by atoms with Crippen LogP contribution in [0.2, 0.25) is 0 Å². The van der Waals surface area contributed by atoms with E-state index in [1.165, 1.54) is 5.56 Å². The Morgan fingerprint density at radius 1 is 0.971 bits per heavy atom. The third-order valence-electron chi connectivity index (χ3n) is 6.09. The third kappa shape index (κ3) is 4.69. The van der Waals surface area contributed by atoms with Gasteiger partial charge in [-0.3, -0.25) is 14.2 Å². The topological polar surface area (TPSA) is 55.2 Å². The lowest BCUT2D eigenvalue weighted by Gasteiger charge is -2.28. The predicted octanol–water partition coefficient (Wildman–Crippen LogP) is 5.57. The van der Waals surface area contributed by atoms with E-state index in [4.69, 9.17) is 4.98 Å². The van der Waals surface area contributed by atoms with Gasteiger partial charge >= 0.3 is 0 Å². The minimum atomic E-state index is -0.416. The Hall–Kier alpha value is -3.99. The van der Waals surface area contributed by atoms with Crippen LogP contribution in [0.1, 0.15) is 43.8 Å². The maximum Gasteiger partial charge on any atom is 0.266 e. The summed E-state index contributed by atoms with van der Waals surface area (Å²) >= 11 is 0. The molecule has 5 nitrogen and oxygen atoms in total. The second-order valence-corrected chi connectivity index (χ2v) is 8.19. The first-order chi connectivity index (χ1) is 16.5. The average Bonchev–Trinajstić information content (AvgIpc) is 2.88. The molecule has 0 aliphatic heterocycles. The maximum atomic E-state index is 13.6. The number of hydrogen-bond acceptors (Lipinski definition) is 3. The fourth-order valence-electron chi connectivity index (χ4n) is 4.15. The largest absolute Gasteiger partial charge is 0.330 e. The van der Waals surface area contributed by atoms with Gasteiger partial charge in [-0.1, -0.05) is 61.5 Å². The first-order valence-corrected chi connectivity index (χ1v) is 11.7. The van der Waals surface area contributed by atoms with Crippen LogP contribution in [0.4, 0.5) is 0 Å². The molecule has 0 aliphatic carbocycles. The molecule has 5 heteroatoms. The van der Waals surface area contributed by atoms with Crippen LogP contribution >= 0.6 is 0 Å². The highest BCUT2D eigenvalue weighted by molar-refractivity contribution is 5.92. The van der Waals surface area contributed by atoms with E-state index in [0.717, 1.165) is 17.7 Å². The Morgan fingerprint density at radius 2 is 1.65 bits per heavy atom. The number of rotatable bonds is 7. The Kier molecular flexibility index (Phi) is 7.02. The number of amides is 1. The Labute approximate surface area is 200 Å². The van der Waals surface area contributed by atoms with Gasteiger partial charge in [-0.2, -0.15) is 0 Å². The molecular weight excluding hydrogens is 422 g/mol. The summed E-state index contributed by atoms with van der Waals surface area (Å²) in [5.41, 5.74) is 3.37. The SMILES string of the molecule is CCc1ccc(-n2c(C(C)N(CC)C(=O)/C=C/c3ccccc3)nc3ccccc3c2=O)cc1. The number of para-hydroxylation sites is 1. The van der Waals surface area contributed by atoms with Crippen LogP contribution < -0.4 is 5.56 Å². The van der Waals surface area contributed by atoms with Crippen LogP contribution in [-0.2, 0) is 11.2 Å². The predicted molar refractivity (Wildman–Crippen MR) is 138 cm³/mol. The van der Waals surface area contributed by atoms with Crippen molar-refractivity contribution in [1.29, 1.82) is 0 Å². The van der Waals surface area contributed by atoms with Crippen molar-refractivity contribution in [2.24, 2.45) is 0 Å². The van der Waals surface area contributed by atoms with Crippen LogP contribution in [0.3, 0.4) is 0 Å². The first kappa shape index (κ1) is 23.2. The quantitative estimate of drug-likeness (QED) is 0.345. The van der Waals surface area contributed by atoms with Crippen molar-refractivity contribution in [3.05, 3.63) is 112 Å². The highest BCUT2D eigenvalue weighted by atomic mass is 16.2. The van der Waals surface area contributed by atoms with E-state index in [-0.39, 0.29) is 11.5 Å². The van der Waals surface area contributed by atoms with E-state index < -0.39 is 6.04 Å². The fraction of sp³-hybridized carbons (Fsp3) is 0.207. The number of aryl methyl sites for hydroxylation is 1. The summed E-state index contributed by atoms with van der Waals surface area (Å²) in [5.74, 6) is 0.408. The number of nitrogens with zero attached hydrogens (tertiary/aromatic N) is 3. The molecule has 1 aromatic heterocycles. The minimum Gasteiger partial charge on any atom is -0.330 e. The number of benzene rings is 3. The Bertz CT molecular complexity index is 1370. The van der Waals surface area contributed by atoms with E-state index >= 15 is 0 Å². The molecule has 1 amide bonds. The average molecular weight is 452 g/mol. The molecule has 1 heterocycles. The molecule has 3 aromatic carbocycles. The van der Waals surface area contributed by atoms with Crippen LogP contribution in [0.5, 0.6) is 0 Å². The van der Waals surface area contributed by atoms with Gasteiger partial charge in [-0.05, 0) is 61.7 Å². The van der Waals surface area contributed by atoms with Crippen molar-refractivity contribution < 1.29 is 4.79 Å². The number of carbonyl (C=O) groups excluding carboxylic acids is 1. The van der Waals surface area contributed by atoms with Crippen LogP contribution in [0.25, 0.3) is 22.7 Å². The number of hydrogen-bond donors (Lipinski definition) is 0. The lowest BCUT2D eigenvalue weighted by atomic mass is 10.1. The molecule has 0 radical (unpaired) electrons. The highest BCUT2D eigenvalue weighted by Crippen LogP contribution is 2.23. The zero-order valence-corrected chi connectivity index (χ0v) is 19.8. The van der Waals surface area contributed by atoms with Gasteiger partial charge in [0.15, 0.2) is 0 Å². The van der Waals surface area contributed by atoms with E-state index in [9.17, 15) is 9.59 Å². The summed E-state index contributed by atoms with van der Waals surface area (Å²) in [6.45, 7) is 6.44. The summed E-state index contributed by atoms with van der Waals surface area (Å²) in [5, 5.41) is 0.552. The van der Waals surface area contributed by atoms with Crippen molar-refractivity contribution in [2.45, 2.75) is 33.2 Å². The van der Waals surface area contributed by atoms with Crippen molar-refractivity contribution in [2.75, 3.05) is 6.54 Å². The summed E-state index contributed by atoms with van der Waals surface area (Å²) in [6, 6.07) is 24.6. The fourth-order valence-corrected chi connectivity index (χ4v) is 4.15. The zero-order chi connectivity index (χ0) is 24.1. The monoisotopic (exact) mass is 451 g/mol. The smallest absolute Gasteiger partial charge is 0.266 e. The zero-order valence-electron chi connectivity index (χ0n) is 19.8. The molecule has 0 aliphatic rings. The molecule has 1 atom stereocenters. The molecule has 4 aromatic rings. The van der Waals surface area contributed by atoms with Gasteiger partial charge in [0.25, 0.3) is 5.56 Å². The second-order valence-electron chi connectivity index (χ2n) is 8.19. The molecule has 0 saturated carbocycles. The van der Waals surface area contributed by atoms with Gasteiger partial charge in [0, 0.05) is 12.6 Å². The van der Waals surface area contributed by atoms with Gasteiger partial charge < -0.3 is 4.90 Å². The molecule has 4 rings (SSSR count). The number of fused-ring (bicyclic) bond motifs is 1. The summed E-state index contributed by atoms with van der Waals surface area (Å²) in [4.78, 5) is 33.4. The molecular formula is C29H29N3O2. The Morgan fingerprint density at radius 3 is 2.32 bits per heavy atom. The van der Waals surface area contributed by atoms with Crippen molar-refractivity contribution in [1.82, 2.24) is 14.5 Å². The Balaban J connectivity index is 1.80. The molecule has 0 fully saturated rings. The highest BCUT2D eigenvalue weighted by Gasteiger charge is 2.24. The van der Waals surface area contributed by atoms with Crippen molar-refractivity contribution in [3.8, 4) is 5.69 Å². The molecule has 34 heavy (non-hydrogen) atoms. The minimum absolute atomic E-state index is 0.130. The van der Waals surface area contributed by atoms with E-state index in [0.29, 0.717) is 23.3 Å². The standard InChI is InChI=1S/C29H29N3O2/c1-4-22-15-18-24(19-16-22)32-28(30-26-14-10-9-13-25(26)29(32)34)21(3)31(5-2)27(33)20-17-23-11-7-6-8-12-23/h6-21H,4-5H2,1-3H3/b20-17+. The molecule has 0 saturated heterocycles. The molecule has 0 N–H and O–H groups in total. The number of carbonyl (C=O) groups is 1. The van der Waals surface area contributed by atoms with Crippen molar-refractivity contribution in [3.63, 3.8) is 0 Å². The van der Waals surface area contributed by atoms with Gasteiger partial charge in [0.2, 0.25) is 5.91 Å². The maximum absolute atomic E-state index is 13.6. The van der Waals surface area contributed by atoms with Gasteiger partial charge in [0.05, 0.1) is 22.6 Å². The first-order valence-electron chi connectivity index (χ1n) is 11.7. The third-order valence-corrected chi connectivity index (χ3v) is 6.09. The van der Waals surface area contributed by atoms with Gasteiger partial charge in [-0.25, -0.2) is 4.98 Å². The lowest BCUT2D eigenvalue weighted by molar-refractivity contribution is -0.128. The van der Waals surface area contributed by atoms with Gasteiger partial charge in [0.1, 0.15) is 5.82 Å². The molecule has 0 spiro atoms. The number of likely N-dealkylation sites (N-methyl/N-ethyl adjacent to an activating group) is 1. The summed E-state index contributed by atoms with van der Waals surface area (Å²) < 4.78 is 1.64. The van der Waals surface area contributed by atoms with Crippen LogP contribution in [0, 0.1) is 0 Å². The summed E-state index contributed by atoms with van der Waals surface area (Å²) in [7, 11) is 0. The van der Waals surface area contributed by atoms with Gasteiger partial charge in [-0.15, -0.1) is 0 Å². The molecule has 1 unspecified atom stereocenters. The second kappa shape index (κ2) is 10.3.